The van der Waals surface area contributed by atoms with E-state index in [2.05, 4.69) is 173 Å². The smallest absolute Gasteiger partial charge is 0.457 e. The maximum absolute atomic E-state index is 8.49. The Morgan fingerprint density at radius 3 is 0.750 bits per heavy atom. The molecule has 0 saturated heterocycles. The first-order valence-corrected chi connectivity index (χ1v) is 34.7. The van der Waals surface area contributed by atoms with Crippen molar-refractivity contribution in [3.8, 4) is 22.6 Å². The zero-order chi connectivity index (χ0) is 77.8. The number of fused-ring (bicyclic) bond motifs is 6. The Morgan fingerprint density at radius 1 is 0.306 bits per heavy atom. The molecule has 8 aromatic heterocycles. The van der Waals surface area contributed by atoms with Crippen molar-refractivity contribution in [1.82, 2.24) is 39.7 Å². The van der Waals surface area contributed by atoms with E-state index in [0.29, 0.717) is 39.3 Å². The molecule has 0 aliphatic carbocycles. The molecule has 0 atom stereocenters. The molecule has 0 amide bonds. The van der Waals surface area contributed by atoms with E-state index in [4.69, 9.17) is 114 Å². The standard InChI is InChI=1S/2C32H29N5O.4CH4O.4ClHO4.2H2O.2Zn/c2*1-36(2)29-15-12-23(13-16-29)30-19-25-10-9-24-11-14-28(35-31(24)32(25)38-30)22-37(20-26-7-3-5-17-33-26)21-27-8-4-6-18-34-27;4*1-2;4*2-1(3,4)5;;;;/h2*3-19H,20-22H2,1-2H3;4*2H,1H3;4*(H,2,3,4,5);2*1H2;;/q;;;;;;;;;;;;2*+2/p-2. The predicted molar refractivity (Wildman–Crippen MR) is 348 cm³/mol. The fourth-order valence-electron chi connectivity index (χ4n) is 9.43. The number of anilines is 2. The SMILES string of the molecule is CN(C)c1ccc(-c2cc3ccc4ccc(CN(Cc5ccccn5)Cc5ccccn5)nc4c3o2)cc1.CN(C)c1ccc(-c2cc3ccc4ccc(CN(Cc5ccccn5)Cc5ccccn5)nc4c3o2)cc1.CO.CO.CO.CO.[O-][Cl+3]([O-])([O-])[O-].[O-][Cl+3]([O-])([O-])[O-].[O-][Cl+3]([O-])([O-])[O-].[O-][Cl+3]([O-])([O-])[O-].[OH3+].[OH3+].[Zn+2].[Zn+2]. The third-order valence-electron chi connectivity index (χ3n) is 13.4. The maximum atomic E-state index is 8.49. The number of aromatic nitrogens is 6. The number of furan rings is 2. The third kappa shape index (κ3) is 40.2. The molecule has 12 aromatic rings. The van der Waals surface area contributed by atoms with E-state index in [0.717, 1.165) is 140 Å². The molecule has 108 heavy (non-hydrogen) atoms. The molecular weight excluding hydrogens is 1610 g/mol. The van der Waals surface area contributed by atoms with Gasteiger partial charge in [0.05, 0.1) is 34.2 Å². The van der Waals surface area contributed by atoms with Crippen LogP contribution in [-0.2, 0) is 89.2 Å². The minimum Gasteiger partial charge on any atom is -0.457 e. The van der Waals surface area contributed by atoms with Crippen molar-refractivity contribution in [1.29, 1.82) is 0 Å². The van der Waals surface area contributed by atoms with Crippen LogP contribution < -0.4 is 84.3 Å². The van der Waals surface area contributed by atoms with Crippen molar-refractivity contribution in [2.75, 3.05) is 66.4 Å². The number of aliphatic hydroxyl groups is 4. The second kappa shape index (κ2) is 51.8. The minimum absolute atomic E-state index is 0. The average molecular weight is 1690 g/mol. The molecule has 40 heteroatoms. The van der Waals surface area contributed by atoms with Crippen LogP contribution in [0.4, 0.5) is 11.4 Å². The Labute approximate surface area is 654 Å². The van der Waals surface area contributed by atoms with E-state index in [1.165, 1.54) is 0 Å². The monoisotopic (exact) mass is 1690 g/mol. The number of aliphatic hydroxyl groups excluding tert-OH is 4. The number of nitrogens with zero attached hydrogens (tertiary/aromatic N) is 10. The van der Waals surface area contributed by atoms with Crippen molar-refractivity contribution in [2.24, 2.45) is 0 Å². The van der Waals surface area contributed by atoms with Crippen LogP contribution in [0.1, 0.15) is 34.2 Å². The molecule has 0 fully saturated rings. The Hall–Kier alpha value is -7.57. The van der Waals surface area contributed by atoms with E-state index in [9.17, 15) is 0 Å². The van der Waals surface area contributed by atoms with Crippen LogP contribution in [0.5, 0.6) is 0 Å². The Bertz CT molecular complexity index is 3950. The molecule has 576 valence electrons. The summed E-state index contributed by atoms with van der Waals surface area (Å²) >= 11 is 0. The van der Waals surface area contributed by atoms with Crippen molar-refractivity contribution < 1.29 is 195 Å². The van der Waals surface area contributed by atoms with E-state index in [1.807, 2.05) is 102 Å². The molecule has 0 unspecified atom stereocenters. The Morgan fingerprint density at radius 2 is 0.528 bits per heavy atom. The van der Waals surface area contributed by atoms with Gasteiger partial charge in [-0.25, -0.2) is 84.5 Å². The second-order valence-corrected chi connectivity index (χ2v) is 23.9. The van der Waals surface area contributed by atoms with Gasteiger partial charge in [-0.3, -0.25) is 29.7 Å². The number of benzene rings is 4. The minimum atomic E-state index is -4.94. The van der Waals surface area contributed by atoms with Crippen LogP contribution in [0.2, 0.25) is 0 Å². The molecule has 0 aliphatic heterocycles. The number of pyridine rings is 6. The van der Waals surface area contributed by atoms with Gasteiger partial charge >= 0.3 is 39.0 Å². The first kappa shape index (κ1) is 102. The zero-order valence-electron chi connectivity index (χ0n) is 59.6. The van der Waals surface area contributed by atoms with Crippen LogP contribution >= 0.6 is 0 Å². The van der Waals surface area contributed by atoms with Gasteiger partial charge in [0, 0.05) is 165 Å². The molecule has 0 bridgehead atoms. The molecule has 10 N–H and O–H groups in total. The van der Waals surface area contributed by atoms with E-state index in [-0.39, 0.29) is 49.9 Å². The fourth-order valence-corrected chi connectivity index (χ4v) is 9.43. The Balaban J connectivity index is 0. The van der Waals surface area contributed by atoms with Gasteiger partial charge in [-0.2, -0.15) is 0 Å². The second-order valence-electron chi connectivity index (χ2n) is 20.9. The first-order chi connectivity index (χ1) is 49.2. The Kier molecular flexibility index (Phi) is 49.1. The fraction of sp³-hybridized carbons (Fsp3) is 0.206. The molecule has 4 aromatic carbocycles. The topological polar surface area (TPSA) is 632 Å². The van der Waals surface area contributed by atoms with Gasteiger partial charge in [-0.1, -0.05) is 60.7 Å². The summed E-state index contributed by atoms with van der Waals surface area (Å²) < 4.78 is 149. The van der Waals surface area contributed by atoms with Crippen molar-refractivity contribution in [3.63, 3.8) is 0 Å². The number of halogens is 4. The van der Waals surface area contributed by atoms with Crippen molar-refractivity contribution >= 4 is 55.1 Å². The van der Waals surface area contributed by atoms with Gasteiger partial charge in [0.25, 0.3) is 0 Å². The molecule has 0 aliphatic rings. The molecule has 8 heterocycles. The van der Waals surface area contributed by atoms with Gasteiger partial charge in [0.1, 0.15) is 22.6 Å². The maximum Gasteiger partial charge on any atom is 2.00 e. The van der Waals surface area contributed by atoms with E-state index < -0.39 is 41.0 Å². The average Bonchev–Trinajstić information content (AvgIpc) is 1.63. The quantitative estimate of drug-likeness (QED) is 0.0515. The molecular formula is C68H80Cl4N10O24Zn2+2. The summed E-state index contributed by atoms with van der Waals surface area (Å²) in [6.07, 6.45) is 7.34. The summed E-state index contributed by atoms with van der Waals surface area (Å²) in [5, 5.41) is 32.2. The summed E-state index contributed by atoms with van der Waals surface area (Å²) in [4.78, 5) is 37.1. The number of rotatable bonds is 16. The van der Waals surface area contributed by atoms with E-state index >= 15 is 0 Å². The van der Waals surface area contributed by atoms with Crippen molar-refractivity contribution in [2.45, 2.75) is 39.3 Å². The van der Waals surface area contributed by atoms with Crippen molar-refractivity contribution in [3.05, 3.63) is 241 Å². The third-order valence-corrected chi connectivity index (χ3v) is 13.4. The van der Waals surface area contributed by atoms with Gasteiger partial charge in [0.2, 0.25) is 0 Å². The number of hydrogen-bond donors (Lipinski definition) is 4. The summed E-state index contributed by atoms with van der Waals surface area (Å²) in [6.45, 7) is 4.15. The van der Waals surface area contributed by atoms with Gasteiger partial charge in [-0.15, -0.1) is 41.0 Å². The largest absolute Gasteiger partial charge is 2.00 e. The van der Waals surface area contributed by atoms with Crippen LogP contribution in [-0.4, -0.2) is 117 Å². The molecule has 12 rings (SSSR count). The molecule has 0 saturated carbocycles. The van der Waals surface area contributed by atoms with Crippen LogP contribution in [0.3, 0.4) is 0 Å². The molecule has 34 nitrogen and oxygen atoms in total. The summed E-state index contributed by atoms with van der Waals surface area (Å²) in [6, 6.07) is 62.0. The molecule has 0 radical (unpaired) electrons. The normalized spacial score (nSPS) is 10.5. The summed E-state index contributed by atoms with van der Waals surface area (Å²) in [5.41, 5.74) is 13.8. The van der Waals surface area contributed by atoms with E-state index in [1.54, 1.807) is 0 Å². The van der Waals surface area contributed by atoms with Crippen LogP contribution in [0.15, 0.2) is 216 Å². The molecule has 0 spiro atoms. The van der Waals surface area contributed by atoms with Crippen LogP contribution in [0.25, 0.3) is 66.4 Å². The first-order valence-electron chi connectivity index (χ1n) is 29.7. The summed E-state index contributed by atoms with van der Waals surface area (Å²) in [7, 11) is -7.61. The van der Waals surface area contributed by atoms with Gasteiger partial charge in [0.15, 0.2) is 11.2 Å². The predicted octanol–water partition coefficient (Wildman–Crippen LogP) is -9.03. The van der Waals surface area contributed by atoms with Gasteiger partial charge < -0.3 is 50.0 Å². The summed E-state index contributed by atoms with van der Waals surface area (Å²) in [5.74, 6) is 1.69. The zero-order valence-corrected chi connectivity index (χ0v) is 68.5. The van der Waals surface area contributed by atoms with Crippen LogP contribution in [0, 0.1) is 41.0 Å². The number of hydrogen-bond acceptors (Lipinski definition) is 32. The van der Waals surface area contributed by atoms with Gasteiger partial charge in [-0.05, 0) is 121 Å².